The Morgan fingerprint density at radius 1 is 1.40 bits per heavy atom. The Labute approximate surface area is 153 Å². The molecule has 6 nitrogen and oxygen atoms in total. The maximum absolute atomic E-state index is 12.5. The normalized spacial score (nSPS) is 11.0. The van der Waals surface area contributed by atoms with E-state index in [2.05, 4.69) is 15.4 Å². The molecule has 0 aliphatic rings. The van der Waals surface area contributed by atoms with Gasteiger partial charge in [-0.2, -0.15) is 5.10 Å². The van der Waals surface area contributed by atoms with Crippen LogP contribution >= 0.6 is 22.9 Å². The van der Waals surface area contributed by atoms with Gasteiger partial charge in [0.2, 0.25) is 5.91 Å². The zero-order valence-corrected chi connectivity index (χ0v) is 15.4. The summed E-state index contributed by atoms with van der Waals surface area (Å²) in [6.07, 6.45) is 0.762. The van der Waals surface area contributed by atoms with E-state index in [4.69, 9.17) is 11.6 Å². The minimum atomic E-state index is -0.338. The van der Waals surface area contributed by atoms with Gasteiger partial charge in [0.1, 0.15) is 6.54 Å². The average molecular weight is 377 g/mol. The van der Waals surface area contributed by atoms with Crippen LogP contribution in [0.25, 0.3) is 10.2 Å². The van der Waals surface area contributed by atoms with Crippen LogP contribution in [-0.2, 0) is 24.3 Å². The summed E-state index contributed by atoms with van der Waals surface area (Å²) in [4.78, 5) is 29.0. The summed E-state index contributed by atoms with van der Waals surface area (Å²) in [5.74, 6) is -0.292. The van der Waals surface area contributed by atoms with E-state index in [1.165, 1.54) is 16.0 Å². The van der Waals surface area contributed by atoms with Crippen molar-refractivity contribution >= 4 is 39.1 Å². The zero-order valence-electron chi connectivity index (χ0n) is 13.9. The van der Waals surface area contributed by atoms with E-state index in [0.29, 0.717) is 22.8 Å². The Morgan fingerprint density at radius 3 is 2.92 bits per heavy atom. The first-order valence-electron chi connectivity index (χ1n) is 7.86. The van der Waals surface area contributed by atoms with Gasteiger partial charge in [0.25, 0.3) is 5.56 Å². The fraction of sp³-hybridized carbons (Fsp3) is 0.294. The largest absolute Gasteiger partial charge is 0.350 e. The zero-order chi connectivity index (χ0) is 18.0. The van der Waals surface area contributed by atoms with Crippen molar-refractivity contribution in [3.63, 3.8) is 0 Å². The second-order valence-corrected chi connectivity index (χ2v) is 7.11. The fourth-order valence-corrected chi connectivity index (χ4v) is 3.59. The second-order valence-electron chi connectivity index (χ2n) is 5.59. The average Bonchev–Trinajstić information content (AvgIpc) is 3.03. The summed E-state index contributed by atoms with van der Waals surface area (Å²) < 4.78 is 1.96. The maximum atomic E-state index is 12.5. The molecule has 0 radical (unpaired) electrons. The Kier molecular flexibility index (Phi) is 5.15. The van der Waals surface area contributed by atoms with E-state index in [1.807, 2.05) is 26.0 Å². The number of nitrogens with one attached hydrogen (secondary N) is 1. The van der Waals surface area contributed by atoms with Gasteiger partial charge in [-0.25, -0.2) is 9.67 Å². The van der Waals surface area contributed by atoms with Crippen LogP contribution in [0, 0.1) is 6.92 Å². The molecule has 0 fully saturated rings. The molecule has 8 heteroatoms. The lowest BCUT2D eigenvalue weighted by atomic mass is 10.2. The molecule has 3 rings (SSSR count). The molecule has 1 N–H and O–H groups in total. The molecule has 0 saturated carbocycles. The number of hydrogen-bond acceptors (Lipinski definition) is 5. The van der Waals surface area contributed by atoms with E-state index in [0.717, 1.165) is 21.7 Å². The number of carbonyl (C=O) groups excluding carboxylic acids is 1. The predicted octanol–water partition coefficient (Wildman–Crippen LogP) is 2.69. The van der Waals surface area contributed by atoms with E-state index >= 15 is 0 Å². The van der Waals surface area contributed by atoms with Gasteiger partial charge in [-0.3, -0.25) is 9.59 Å². The summed E-state index contributed by atoms with van der Waals surface area (Å²) >= 11 is 7.40. The number of nitrogens with zero attached hydrogens (tertiary/aromatic N) is 3. The highest BCUT2D eigenvalue weighted by Gasteiger charge is 2.15. The highest BCUT2D eigenvalue weighted by Crippen LogP contribution is 2.21. The van der Waals surface area contributed by atoms with Gasteiger partial charge in [-0.15, -0.1) is 11.3 Å². The van der Waals surface area contributed by atoms with Crippen molar-refractivity contribution < 1.29 is 4.79 Å². The number of aryl methyl sites for hydroxylation is 2. The van der Waals surface area contributed by atoms with Crippen LogP contribution < -0.4 is 10.9 Å². The first-order chi connectivity index (χ1) is 12.0. The Morgan fingerprint density at radius 2 is 2.20 bits per heavy atom. The second kappa shape index (κ2) is 7.33. The van der Waals surface area contributed by atoms with Crippen LogP contribution in [0.1, 0.15) is 23.2 Å². The molecule has 25 heavy (non-hydrogen) atoms. The van der Waals surface area contributed by atoms with Gasteiger partial charge >= 0.3 is 0 Å². The van der Waals surface area contributed by atoms with Crippen LogP contribution in [-0.4, -0.2) is 20.7 Å². The summed E-state index contributed by atoms with van der Waals surface area (Å²) in [7, 11) is 0. The van der Waals surface area contributed by atoms with E-state index in [9.17, 15) is 9.59 Å². The third kappa shape index (κ3) is 3.88. The molecule has 2 heterocycles. The number of amides is 1. The third-order valence-corrected chi connectivity index (χ3v) is 5.23. The molecule has 0 atom stereocenters. The lowest BCUT2D eigenvalue weighted by Crippen LogP contribution is -2.33. The molecule has 3 aromatic rings. The highest BCUT2D eigenvalue weighted by molar-refractivity contribution is 7.18. The molecule has 0 bridgehead atoms. The van der Waals surface area contributed by atoms with Crippen LogP contribution in [0.4, 0.5) is 0 Å². The number of hydrogen-bond donors (Lipinski definition) is 1. The monoisotopic (exact) mass is 376 g/mol. The highest BCUT2D eigenvalue weighted by atomic mass is 35.5. The standard InChI is InChI=1S/C17H17ClN4O2S/c1-3-14-20-15-16(25-14)10(2)21-22(17(15)24)9-13(23)19-8-11-5-4-6-12(18)7-11/h4-7H,3,8-9H2,1-2H3,(H,19,23). The summed E-state index contributed by atoms with van der Waals surface area (Å²) in [6, 6.07) is 7.24. The Balaban J connectivity index is 1.77. The van der Waals surface area contributed by atoms with Gasteiger partial charge in [-0.1, -0.05) is 30.7 Å². The predicted molar refractivity (Wildman–Crippen MR) is 99.1 cm³/mol. The molecule has 2 aromatic heterocycles. The van der Waals surface area contributed by atoms with Crippen LogP contribution in [0.5, 0.6) is 0 Å². The molecular formula is C17H17ClN4O2S. The molecule has 0 unspecified atom stereocenters. The molecule has 0 spiro atoms. The van der Waals surface area contributed by atoms with Crippen LogP contribution in [0.15, 0.2) is 29.1 Å². The smallest absolute Gasteiger partial charge is 0.294 e. The molecule has 0 saturated heterocycles. The van der Waals surface area contributed by atoms with Crippen LogP contribution in [0.2, 0.25) is 5.02 Å². The van der Waals surface area contributed by atoms with Gasteiger partial charge in [0, 0.05) is 11.6 Å². The molecule has 130 valence electrons. The number of halogens is 1. The van der Waals surface area contributed by atoms with Crippen molar-refractivity contribution in [2.45, 2.75) is 33.4 Å². The molecule has 1 amide bonds. The first-order valence-corrected chi connectivity index (χ1v) is 9.05. The number of benzene rings is 1. The van der Waals surface area contributed by atoms with Crippen molar-refractivity contribution in [1.82, 2.24) is 20.1 Å². The summed E-state index contributed by atoms with van der Waals surface area (Å²) in [5.41, 5.74) is 1.64. The van der Waals surface area contributed by atoms with Gasteiger partial charge < -0.3 is 5.32 Å². The van der Waals surface area contributed by atoms with Crippen molar-refractivity contribution in [1.29, 1.82) is 0 Å². The third-order valence-electron chi connectivity index (χ3n) is 3.68. The molecular weight excluding hydrogens is 360 g/mol. The van der Waals surface area contributed by atoms with Gasteiger partial charge in [0.05, 0.1) is 15.4 Å². The van der Waals surface area contributed by atoms with E-state index < -0.39 is 0 Å². The molecule has 0 aliphatic carbocycles. The SMILES string of the molecule is CCc1nc2c(=O)n(CC(=O)NCc3cccc(Cl)c3)nc(C)c2s1. The lowest BCUT2D eigenvalue weighted by Gasteiger charge is -2.08. The van der Waals surface area contributed by atoms with Gasteiger partial charge in [0.15, 0.2) is 5.52 Å². The lowest BCUT2D eigenvalue weighted by molar-refractivity contribution is -0.122. The van der Waals surface area contributed by atoms with Crippen molar-refractivity contribution in [2.24, 2.45) is 0 Å². The fourth-order valence-electron chi connectivity index (χ4n) is 2.45. The van der Waals surface area contributed by atoms with Crippen LogP contribution in [0.3, 0.4) is 0 Å². The number of thiazole rings is 1. The van der Waals surface area contributed by atoms with Crippen molar-refractivity contribution in [3.05, 3.63) is 55.9 Å². The number of aromatic nitrogens is 3. The number of carbonyl (C=O) groups is 1. The first kappa shape index (κ1) is 17.6. The van der Waals surface area contributed by atoms with E-state index in [1.54, 1.807) is 12.1 Å². The maximum Gasteiger partial charge on any atom is 0.294 e. The summed E-state index contributed by atoms with van der Waals surface area (Å²) in [6.45, 7) is 4.00. The topological polar surface area (TPSA) is 76.9 Å². The summed E-state index contributed by atoms with van der Waals surface area (Å²) in [5, 5.41) is 8.52. The number of fused-ring (bicyclic) bond motifs is 1. The molecule has 0 aliphatic heterocycles. The number of rotatable bonds is 5. The molecule has 1 aromatic carbocycles. The minimum Gasteiger partial charge on any atom is -0.350 e. The van der Waals surface area contributed by atoms with Crippen molar-refractivity contribution in [3.8, 4) is 0 Å². The Hall–Kier alpha value is -2.25. The van der Waals surface area contributed by atoms with Gasteiger partial charge in [-0.05, 0) is 31.0 Å². The Bertz CT molecular complexity index is 996. The quantitative estimate of drug-likeness (QED) is 0.742. The van der Waals surface area contributed by atoms with E-state index in [-0.39, 0.29) is 18.0 Å². The minimum absolute atomic E-state index is 0.144. The van der Waals surface area contributed by atoms with Crippen molar-refractivity contribution in [2.75, 3.05) is 0 Å².